The van der Waals surface area contributed by atoms with Gasteiger partial charge in [-0.15, -0.1) is 0 Å². The van der Waals surface area contributed by atoms with E-state index in [9.17, 15) is 0 Å². The SMILES string of the molecule is [C-]#[N+]c1cncc(CC(C)C)c1. The van der Waals surface area contributed by atoms with Gasteiger partial charge in [-0.1, -0.05) is 19.9 Å². The van der Waals surface area contributed by atoms with E-state index in [0.717, 1.165) is 12.0 Å². The number of rotatable bonds is 2. The zero-order chi connectivity index (χ0) is 8.97. The lowest BCUT2D eigenvalue weighted by Crippen LogP contribution is -1.93. The Kier molecular flexibility index (Phi) is 2.82. The summed E-state index contributed by atoms with van der Waals surface area (Å²) in [5.41, 5.74) is 1.78. The van der Waals surface area contributed by atoms with Crippen LogP contribution in [0.15, 0.2) is 18.5 Å². The highest BCUT2D eigenvalue weighted by Crippen LogP contribution is 2.14. The minimum absolute atomic E-state index is 0.618. The first-order chi connectivity index (χ1) is 5.72. The van der Waals surface area contributed by atoms with Gasteiger partial charge in [-0.25, -0.2) is 4.85 Å². The van der Waals surface area contributed by atoms with Crippen LogP contribution in [0.1, 0.15) is 19.4 Å². The molecule has 1 rings (SSSR count). The number of hydrogen-bond donors (Lipinski definition) is 0. The average molecular weight is 160 g/mol. The van der Waals surface area contributed by atoms with Gasteiger partial charge < -0.3 is 0 Å². The normalized spacial score (nSPS) is 9.83. The van der Waals surface area contributed by atoms with E-state index < -0.39 is 0 Å². The molecule has 1 aromatic rings. The standard InChI is InChI=1S/C10H12N2/c1-8(2)4-9-5-10(11-3)7-12-6-9/h5-8H,4H2,1-2H3. The van der Waals surface area contributed by atoms with Crippen molar-refractivity contribution in [2.24, 2.45) is 5.92 Å². The van der Waals surface area contributed by atoms with E-state index in [1.807, 2.05) is 12.3 Å². The average Bonchev–Trinajstić information content (AvgIpc) is 2.03. The van der Waals surface area contributed by atoms with Crippen LogP contribution in [-0.2, 0) is 6.42 Å². The molecule has 0 fully saturated rings. The van der Waals surface area contributed by atoms with Crippen LogP contribution in [0, 0.1) is 12.5 Å². The van der Waals surface area contributed by atoms with Gasteiger partial charge in [0.1, 0.15) is 0 Å². The molecule has 2 nitrogen and oxygen atoms in total. The lowest BCUT2D eigenvalue weighted by molar-refractivity contribution is 0.646. The second-order valence-electron chi connectivity index (χ2n) is 3.26. The summed E-state index contributed by atoms with van der Waals surface area (Å²) in [7, 11) is 0. The van der Waals surface area contributed by atoms with Crippen LogP contribution in [0.4, 0.5) is 5.69 Å². The van der Waals surface area contributed by atoms with Crippen molar-refractivity contribution in [2.45, 2.75) is 20.3 Å². The van der Waals surface area contributed by atoms with Crippen molar-refractivity contribution >= 4 is 5.69 Å². The lowest BCUT2D eigenvalue weighted by Gasteiger charge is -2.03. The van der Waals surface area contributed by atoms with Gasteiger partial charge >= 0.3 is 0 Å². The third kappa shape index (κ3) is 2.35. The Morgan fingerprint density at radius 1 is 1.50 bits per heavy atom. The van der Waals surface area contributed by atoms with Gasteiger partial charge in [-0.3, -0.25) is 4.98 Å². The van der Waals surface area contributed by atoms with Crippen LogP contribution >= 0.6 is 0 Å². The Hall–Kier alpha value is -1.36. The van der Waals surface area contributed by atoms with Crippen molar-refractivity contribution in [2.75, 3.05) is 0 Å². The Morgan fingerprint density at radius 3 is 2.83 bits per heavy atom. The van der Waals surface area contributed by atoms with Gasteiger partial charge in [0.15, 0.2) is 0 Å². The molecule has 0 aliphatic carbocycles. The molecule has 62 valence electrons. The first kappa shape index (κ1) is 8.73. The molecule has 0 N–H and O–H groups in total. The van der Waals surface area contributed by atoms with Gasteiger partial charge in [0.05, 0.1) is 6.57 Å². The summed E-state index contributed by atoms with van der Waals surface area (Å²) in [6.07, 6.45) is 4.42. The molecule has 2 heteroatoms. The predicted molar refractivity (Wildman–Crippen MR) is 49.0 cm³/mol. The molecule has 1 aromatic heterocycles. The Labute approximate surface area is 73.1 Å². The van der Waals surface area contributed by atoms with Crippen molar-refractivity contribution in [3.05, 3.63) is 35.4 Å². The molecule has 0 radical (unpaired) electrons. The van der Waals surface area contributed by atoms with Crippen molar-refractivity contribution < 1.29 is 0 Å². The fraction of sp³-hybridized carbons (Fsp3) is 0.400. The predicted octanol–water partition coefficient (Wildman–Crippen LogP) is 2.83. The highest BCUT2D eigenvalue weighted by atomic mass is 14.7. The van der Waals surface area contributed by atoms with Crippen molar-refractivity contribution in [3.63, 3.8) is 0 Å². The van der Waals surface area contributed by atoms with E-state index in [0.29, 0.717) is 11.6 Å². The first-order valence-corrected chi connectivity index (χ1v) is 4.03. The van der Waals surface area contributed by atoms with Crippen LogP contribution in [0.5, 0.6) is 0 Å². The second-order valence-corrected chi connectivity index (χ2v) is 3.26. The molecule has 0 aliphatic heterocycles. The Morgan fingerprint density at radius 2 is 2.25 bits per heavy atom. The van der Waals surface area contributed by atoms with Gasteiger partial charge in [-0.2, -0.15) is 0 Å². The van der Waals surface area contributed by atoms with Gasteiger partial charge in [0.25, 0.3) is 0 Å². The molecule has 0 atom stereocenters. The molecular formula is C10H12N2. The van der Waals surface area contributed by atoms with Crippen LogP contribution in [0.3, 0.4) is 0 Å². The molecule has 1 heterocycles. The van der Waals surface area contributed by atoms with Crippen LogP contribution < -0.4 is 0 Å². The quantitative estimate of drug-likeness (QED) is 0.608. The highest BCUT2D eigenvalue weighted by Gasteiger charge is 1.98. The number of hydrogen-bond acceptors (Lipinski definition) is 1. The fourth-order valence-corrected chi connectivity index (χ4v) is 1.12. The summed E-state index contributed by atoms with van der Waals surface area (Å²) in [4.78, 5) is 7.32. The van der Waals surface area contributed by atoms with Gasteiger partial charge in [0.2, 0.25) is 5.69 Å². The van der Waals surface area contributed by atoms with Gasteiger partial charge in [-0.05, 0) is 17.9 Å². The molecule has 0 aromatic carbocycles. The van der Waals surface area contributed by atoms with E-state index in [2.05, 4.69) is 23.7 Å². The first-order valence-electron chi connectivity index (χ1n) is 4.03. The minimum Gasteiger partial charge on any atom is -0.276 e. The third-order valence-corrected chi connectivity index (χ3v) is 1.55. The fourth-order valence-electron chi connectivity index (χ4n) is 1.12. The monoisotopic (exact) mass is 160 g/mol. The maximum atomic E-state index is 6.81. The van der Waals surface area contributed by atoms with E-state index in [1.54, 1.807) is 6.20 Å². The summed E-state index contributed by atoms with van der Waals surface area (Å²) in [5.74, 6) is 0.618. The lowest BCUT2D eigenvalue weighted by atomic mass is 10.0. The van der Waals surface area contributed by atoms with Crippen LogP contribution in [0.2, 0.25) is 0 Å². The van der Waals surface area contributed by atoms with E-state index in [4.69, 9.17) is 6.57 Å². The maximum Gasteiger partial charge on any atom is 0.205 e. The zero-order valence-corrected chi connectivity index (χ0v) is 7.41. The molecule has 0 unspecified atom stereocenters. The summed E-state index contributed by atoms with van der Waals surface area (Å²) < 4.78 is 0. The van der Waals surface area contributed by atoms with E-state index in [1.165, 1.54) is 0 Å². The summed E-state index contributed by atoms with van der Waals surface area (Å²) in [6, 6.07) is 1.90. The van der Waals surface area contributed by atoms with E-state index >= 15 is 0 Å². The van der Waals surface area contributed by atoms with Crippen molar-refractivity contribution in [1.82, 2.24) is 4.98 Å². The minimum atomic E-state index is 0.618. The summed E-state index contributed by atoms with van der Waals surface area (Å²) in [5, 5.41) is 0. The van der Waals surface area contributed by atoms with Gasteiger partial charge in [0, 0.05) is 12.4 Å². The number of pyridine rings is 1. The molecule has 0 amide bonds. The molecule has 0 aliphatic rings. The van der Waals surface area contributed by atoms with E-state index in [-0.39, 0.29) is 0 Å². The van der Waals surface area contributed by atoms with Crippen molar-refractivity contribution in [1.29, 1.82) is 0 Å². The highest BCUT2D eigenvalue weighted by molar-refractivity contribution is 5.43. The van der Waals surface area contributed by atoms with Crippen molar-refractivity contribution in [3.8, 4) is 0 Å². The molecule has 0 saturated carbocycles. The Balaban J connectivity index is 2.81. The maximum absolute atomic E-state index is 6.81. The molecule has 12 heavy (non-hydrogen) atoms. The Bertz CT molecular complexity index is 297. The van der Waals surface area contributed by atoms with Crippen LogP contribution in [-0.4, -0.2) is 4.98 Å². The zero-order valence-electron chi connectivity index (χ0n) is 7.41. The molecule has 0 spiro atoms. The molecule has 0 bridgehead atoms. The topological polar surface area (TPSA) is 17.2 Å². The summed E-state index contributed by atoms with van der Waals surface area (Å²) >= 11 is 0. The number of nitrogens with zero attached hydrogens (tertiary/aromatic N) is 2. The third-order valence-electron chi connectivity index (χ3n) is 1.55. The van der Waals surface area contributed by atoms with Crippen LogP contribution in [0.25, 0.3) is 4.85 Å². The molecular weight excluding hydrogens is 148 g/mol. The molecule has 0 saturated heterocycles. The summed E-state index contributed by atoms with van der Waals surface area (Å²) in [6.45, 7) is 11.1. The second kappa shape index (κ2) is 3.87. The smallest absolute Gasteiger partial charge is 0.205 e. The number of aromatic nitrogens is 1. The largest absolute Gasteiger partial charge is 0.276 e.